The summed E-state index contributed by atoms with van der Waals surface area (Å²) in [5.74, 6) is -0.169. The number of nitrogens with one attached hydrogen (secondary N) is 1. The molecule has 0 aliphatic carbocycles. The molecule has 1 amide bonds. The van der Waals surface area contributed by atoms with Crippen molar-refractivity contribution in [3.8, 4) is 0 Å². The first-order valence-corrected chi connectivity index (χ1v) is 30.4. The van der Waals surface area contributed by atoms with E-state index in [1.54, 1.807) is 6.08 Å². The summed E-state index contributed by atoms with van der Waals surface area (Å²) in [6, 6.07) is -0.674. The average molecular weight is 969 g/mol. The molecule has 6 heteroatoms. The topological polar surface area (TPSA) is 95.9 Å². The standard InChI is InChI=1S/C63H117NO5/c1-3-5-7-9-11-13-15-17-19-21-22-23-24-25-27-28-31-35-39-43-47-51-55-61(66)60(59-65)64-62(67)56-52-48-44-40-36-32-30-34-38-42-46-50-54-58-69-63(68)57-53-49-45-41-37-33-29-26-20-18-16-14-12-10-8-6-4-2/h18,20,32,36,44,48,51,55,60-61,65-66H,3-17,19,21-31,33-35,37-43,45-47,49-50,52-54,56-59H2,1-2H3,(H,64,67)/b20-18-,36-32-,48-44-,55-51+. The lowest BCUT2D eigenvalue weighted by atomic mass is 10.0. The van der Waals surface area contributed by atoms with E-state index in [0.29, 0.717) is 25.9 Å². The van der Waals surface area contributed by atoms with Crippen molar-refractivity contribution in [2.45, 2.75) is 328 Å². The van der Waals surface area contributed by atoms with Crippen molar-refractivity contribution in [2.75, 3.05) is 13.2 Å². The lowest BCUT2D eigenvalue weighted by molar-refractivity contribution is -0.143. The molecule has 0 aliphatic rings. The third-order valence-electron chi connectivity index (χ3n) is 13.8. The fourth-order valence-electron chi connectivity index (χ4n) is 9.15. The van der Waals surface area contributed by atoms with Crippen LogP contribution in [0.5, 0.6) is 0 Å². The third kappa shape index (κ3) is 55.0. The number of carbonyl (C=O) groups excluding carboxylic acids is 2. The fraction of sp³-hybridized carbons (Fsp3) is 0.841. The van der Waals surface area contributed by atoms with Gasteiger partial charge in [0, 0.05) is 12.8 Å². The van der Waals surface area contributed by atoms with Crippen LogP contribution in [0.2, 0.25) is 0 Å². The van der Waals surface area contributed by atoms with Crippen molar-refractivity contribution in [3.63, 3.8) is 0 Å². The van der Waals surface area contributed by atoms with E-state index in [4.69, 9.17) is 4.74 Å². The minimum absolute atomic E-state index is 0.0217. The Morgan fingerprint density at radius 3 is 1.14 bits per heavy atom. The maximum atomic E-state index is 12.4. The highest BCUT2D eigenvalue weighted by Crippen LogP contribution is 2.17. The number of aliphatic hydroxyl groups is 2. The van der Waals surface area contributed by atoms with Gasteiger partial charge >= 0.3 is 5.97 Å². The molecule has 3 N–H and O–H groups in total. The largest absolute Gasteiger partial charge is 0.466 e. The number of amides is 1. The highest BCUT2D eigenvalue weighted by molar-refractivity contribution is 5.76. The van der Waals surface area contributed by atoms with Gasteiger partial charge in [0.05, 0.1) is 25.4 Å². The highest BCUT2D eigenvalue weighted by Gasteiger charge is 2.17. The Balaban J connectivity index is 3.56. The molecule has 0 fully saturated rings. The fourth-order valence-corrected chi connectivity index (χ4v) is 9.15. The Hall–Kier alpha value is -2.18. The van der Waals surface area contributed by atoms with Gasteiger partial charge in [0.1, 0.15) is 0 Å². The molecule has 6 nitrogen and oxygen atoms in total. The Morgan fingerprint density at radius 2 is 0.739 bits per heavy atom. The number of hydrogen-bond donors (Lipinski definition) is 3. The molecule has 0 aromatic rings. The Labute approximate surface area is 429 Å². The number of unbranched alkanes of at least 4 members (excludes halogenated alkanes) is 39. The molecule has 0 aromatic heterocycles. The number of allylic oxidation sites excluding steroid dienone is 7. The van der Waals surface area contributed by atoms with Gasteiger partial charge < -0.3 is 20.3 Å². The summed E-state index contributed by atoms with van der Waals surface area (Å²) in [5.41, 5.74) is 0. The maximum absolute atomic E-state index is 12.4. The summed E-state index contributed by atoms with van der Waals surface area (Å²) in [7, 11) is 0. The molecule has 0 bridgehead atoms. The zero-order chi connectivity index (χ0) is 50.0. The molecule has 0 aliphatic heterocycles. The van der Waals surface area contributed by atoms with E-state index in [1.165, 1.54) is 231 Å². The van der Waals surface area contributed by atoms with Crippen LogP contribution in [0.15, 0.2) is 48.6 Å². The highest BCUT2D eigenvalue weighted by atomic mass is 16.5. The van der Waals surface area contributed by atoms with E-state index in [1.807, 2.05) is 12.2 Å². The Bertz CT molecular complexity index is 1160. The van der Waals surface area contributed by atoms with Crippen LogP contribution in [0.3, 0.4) is 0 Å². The smallest absolute Gasteiger partial charge is 0.305 e. The second-order valence-electron chi connectivity index (χ2n) is 20.7. The van der Waals surface area contributed by atoms with E-state index >= 15 is 0 Å². The summed E-state index contributed by atoms with van der Waals surface area (Å²) in [6.45, 7) is 4.85. The van der Waals surface area contributed by atoms with Crippen LogP contribution in [0.25, 0.3) is 0 Å². The van der Waals surface area contributed by atoms with Crippen LogP contribution in [0.4, 0.5) is 0 Å². The molecule has 0 aromatic carbocycles. The quantitative estimate of drug-likeness (QED) is 0.0321. The van der Waals surface area contributed by atoms with Crippen molar-refractivity contribution < 1.29 is 24.5 Å². The van der Waals surface area contributed by atoms with E-state index in [9.17, 15) is 19.8 Å². The normalized spacial score (nSPS) is 12.9. The van der Waals surface area contributed by atoms with Crippen LogP contribution in [-0.2, 0) is 14.3 Å². The van der Waals surface area contributed by atoms with E-state index < -0.39 is 12.1 Å². The molecule has 0 radical (unpaired) electrons. The summed E-state index contributed by atoms with van der Waals surface area (Å²) < 4.78 is 5.47. The predicted molar refractivity (Wildman–Crippen MR) is 301 cm³/mol. The van der Waals surface area contributed by atoms with Crippen LogP contribution in [0, 0.1) is 0 Å². The molecule has 2 atom stereocenters. The lowest BCUT2D eigenvalue weighted by Gasteiger charge is -2.19. The first kappa shape index (κ1) is 66.8. The zero-order valence-electron chi connectivity index (χ0n) is 46.0. The van der Waals surface area contributed by atoms with Gasteiger partial charge in [-0.1, -0.05) is 274 Å². The minimum Gasteiger partial charge on any atom is -0.466 e. The van der Waals surface area contributed by atoms with Crippen molar-refractivity contribution in [1.82, 2.24) is 5.32 Å². The van der Waals surface area contributed by atoms with Gasteiger partial charge in [0.25, 0.3) is 0 Å². The SMILES string of the molecule is CCCCCCCC/C=C\CCCCCCCCCC(=O)OCCCCCCCC/C=C\C/C=C\CCC(=O)NC(CO)C(O)/C=C/CCCCCCCCCCCCCCCCCCCCCC. The molecule has 0 saturated heterocycles. The lowest BCUT2D eigenvalue weighted by Crippen LogP contribution is -2.45. The Kier molecular flexibility index (Phi) is 56.5. The van der Waals surface area contributed by atoms with Crippen molar-refractivity contribution in [3.05, 3.63) is 48.6 Å². The zero-order valence-corrected chi connectivity index (χ0v) is 46.0. The average Bonchev–Trinajstić information content (AvgIpc) is 3.35. The first-order valence-electron chi connectivity index (χ1n) is 30.4. The van der Waals surface area contributed by atoms with Gasteiger partial charge in [-0.3, -0.25) is 9.59 Å². The van der Waals surface area contributed by atoms with Crippen LogP contribution in [0.1, 0.15) is 316 Å². The van der Waals surface area contributed by atoms with Crippen LogP contribution >= 0.6 is 0 Å². The summed E-state index contributed by atoms with van der Waals surface area (Å²) in [6.07, 6.45) is 74.4. The molecular weight excluding hydrogens is 851 g/mol. The van der Waals surface area contributed by atoms with Gasteiger partial charge in [-0.2, -0.15) is 0 Å². The van der Waals surface area contributed by atoms with Crippen LogP contribution in [-0.4, -0.2) is 47.4 Å². The van der Waals surface area contributed by atoms with Crippen molar-refractivity contribution in [2.24, 2.45) is 0 Å². The number of rotatable bonds is 56. The molecule has 0 saturated carbocycles. The van der Waals surface area contributed by atoms with Crippen molar-refractivity contribution in [1.29, 1.82) is 0 Å². The monoisotopic (exact) mass is 968 g/mol. The number of carbonyl (C=O) groups is 2. The number of aliphatic hydroxyl groups excluding tert-OH is 2. The molecule has 2 unspecified atom stereocenters. The van der Waals surface area contributed by atoms with Gasteiger partial charge in [0.15, 0.2) is 0 Å². The molecular formula is C63H117NO5. The van der Waals surface area contributed by atoms with Gasteiger partial charge in [-0.15, -0.1) is 0 Å². The second kappa shape index (κ2) is 58.4. The number of hydrogen-bond acceptors (Lipinski definition) is 5. The van der Waals surface area contributed by atoms with E-state index in [-0.39, 0.29) is 18.5 Å². The molecule has 0 rings (SSSR count). The van der Waals surface area contributed by atoms with Gasteiger partial charge in [-0.05, 0) is 77.0 Å². The molecule has 69 heavy (non-hydrogen) atoms. The number of ether oxygens (including phenoxy) is 1. The van der Waals surface area contributed by atoms with Crippen LogP contribution < -0.4 is 5.32 Å². The first-order chi connectivity index (χ1) is 34.0. The Morgan fingerprint density at radius 1 is 0.406 bits per heavy atom. The molecule has 0 heterocycles. The molecule has 404 valence electrons. The van der Waals surface area contributed by atoms with Crippen molar-refractivity contribution >= 4 is 11.9 Å². The summed E-state index contributed by atoms with van der Waals surface area (Å²) >= 11 is 0. The van der Waals surface area contributed by atoms with Gasteiger partial charge in [0.2, 0.25) is 5.91 Å². The minimum atomic E-state index is -0.881. The molecule has 0 spiro atoms. The van der Waals surface area contributed by atoms with E-state index in [0.717, 1.165) is 51.4 Å². The predicted octanol–water partition coefficient (Wildman–Crippen LogP) is 19.0. The van der Waals surface area contributed by atoms with E-state index in [2.05, 4.69) is 49.5 Å². The van der Waals surface area contributed by atoms with Gasteiger partial charge in [-0.25, -0.2) is 0 Å². The second-order valence-corrected chi connectivity index (χ2v) is 20.7. The maximum Gasteiger partial charge on any atom is 0.305 e. The third-order valence-corrected chi connectivity index (χ3v) is 13.8. The summed E-state index contributed by atoms with van der Waals surface area (Å²) in [5, 5.41) is 23.1. The summed E-state index contributed by atoms with van der Waals surface area (Å²) in [4.78, 5) is 24.5. The number of esters is 1.